The Morgan fingerprint density at radius 3 is 2.28 bits per heavy atom. The molecule has 0 aromatic carbocycles. The van der Waals surface area contributed by atoms with Crippen molar-refractivity contribution in [3.8, 4) is 0 Å². The molecule has 0 radical (unpaired) electrons. The predicted octanol–water partition coefficient (Wildman–Crippen LogP) is 3.62. The van der Waals surface area contributed by atoms with Gasteiger partial charge in [0.25, 0.3) is 0 Å². The number of rotatable bonds is 1. The van der Waals surface area contributed by atoms with E-state index in [0.29, 0.717) is 5.41 Å². The maximum absolute atomic E-state index is 4.58. The van der Waals surface area contributed by atoms with Crippen LogP contribution in [0.15, 0.2) is 18.3 Å². The van der Waals surface area contributed by atoms with Crippen LogP contribution in [0.2, 0.25) is 0 Å². The molecule has 0 atom stereocenters. The first-order chi connectivity index (χ1) is 8.15. The summed E-state index contributed by atoms with van der Waals surface area (Å²) in [6.07, 6.45) is 3.15. The van der Waals surface area contributed by atoms with Crippen LogP contribution in [0.3, 0.4) is 0 Å². The molecule has 2 aromatic heterocycles. The Hall–Kier alpha value is -1.38. The maximum atomic E-state index is 4.58. The summed E-state index contributed by atoms with van der Waals surface area (Å²) < 4.78 is 1.90. The van der Waals surface area contributed by atoms with E-state index in [0.717, 1.165) is 17.9 Å². The summed E-state index contributed by atoms with van der Waals surface area (Å²) in [6.45, 7) is 13.2. The fraction of sp³-hybridized carbons (Fsp3) is 0.600. The molecule has 0 bridgehead atoms. The fourth-order valence-electron chi connectivity index (χ4n) is 1.96. The van der Waals surface area contributed by atoms with Crippen molar-refractivity contribution >= 4 is 5.65 Å². The molecular weight excluding hydrogens is 222 g/mol. The van der Waals surface area contributed by atoms with Gasteiger partial charge >= 0.3 is 0 Å². The van der Waals surface area contributed by atoms with Gasteiger partial charge in [-0.2, -0.15) is 5.10 Å². The molecule has 2 rings (SSSR count). The van der Waals surface area contributed by atoms with Crippen molar-refractivity contribution in [3.63, 3.8) is 0 Å². The molecule has 0 unspecified atom stereocenters. The lowest BCUT2D eigenvalue weighted by molar-refractivity contribution is 0.410. The Balaban J connectivity index is 2.40. The highest BCUT2D eigenvalue weighted by atomic mass is 15.3. The minimum Gasteiger partial charge on any atom is -0.221 e. The average Bonchev–Trinajstić information content (AvgIpc) is 2.57. The number of fused-ring (bicyclic) bond motifs is 1. The van der Waals surface area contributed by atoms with Gasteiger partial charge in [0.05, 0.1) is 0 Å². The van der Waals surface area contributed by atoms with Gasteiger partial charge < -0.3 is 0 Å². The molecule has 3 heteroatoms. The van der Waals surface area contributed by atoms with Gasteiger partial charge in [-0.1, -0.05) is 47.6 Å². The molecule has 0 amide bonds. The number of nitrogens with zero attached hydrogens (tertiary/aromatic N) is 3. The fourth-order valence-corrected chi connectivity index (χ4v) is 1.96. The van der Waals surface area contributed by atoms with E-state index in [9.17, 15) is 0 Å². The van der Waals surface area contributed by atoms with Crippen molar-refractivity contribution < 1.29 is 0 Å². The Morgan fingerprint density at radius 1 is 1.06 bits per heavy atom. The van der Waals surface area contributed by atoms with E-state index in [2.05, 4.69) is 70.0 Å². The summed E-state index contributed by atoms with van der Waals surface area (Å²) in [4.78, 5) is 4.57. The quantitative estimate of drug-likeness (QED) is 0.768. The Morgan fingerprint density at radius 2 is 1.72 bits per heavy atom. The highest BCUT2D eigenvalue weighted by molar-refractivity contribution is 5.39. The third-order valence-corrected chi connectivity index (χ3v) is 2.80. The average molecular weight is 245 g/mol. The lowest BCUT2D eigenvalue weighted by atomic mass is 9.89. The van der Waals surface area contributed by atoms with E-state index in [1.807, 2.05) is 4.52 Å². The zero-order valence-corrected chi connectivity index (χ0v) is 12.3. The van der Waals surface area contributed by atoms with Crippen molar-refractivity contribution in [2.75, 3.05) is 0 Å². The van der Waals surface area contributed by atoms with Crippen LogP contribution in [-0.4, -0.2) is 14.6 Å². The van der Waals surface area contributed by atoms with E-state index in [4.69, 9.17) is 0 Å². The third-order valence-electron chi connectivity index (χ3n) is 2.80. The first-order valence-corrected chi connectivity index (χ1v) is 6.51. The summed E-state index contributed by atoms with van der Waals surface area (Å²) in [5.74, 6) is 0.899. The predicted molar refractivity (Wildman–Crippen MR) is 74.8 cm³/mol. The molecule has 98 valence electrons. The first-order valence-electron chi connectivity index (χ1n) is 6.51. The van der Waals surface area contributed by atoms with Crippen LogP contribution in [-0.2, 0) is 11.8 Å². The van der Waals surface area contributed by atoms with Gasteiger partial charge in [0.2, 0.25) is 0 Å². The molecule has 18 heavy (non-hydrogen) atoms. The van der Waals surface area contributed by atoms with E-state index in [1.165, 1.54) is 5.56 Å². The number of hydrogen-bond donors (Lipinski definition) is 0. The summed E-state index contributed by atoms with van der Waals surface area (Å²) in [5, 5.41) is 4.58. The molecule has 0 aliphatic heterocycles. The van der Waals surface area contributed by atoms with Gasteiger partial charge in [-0.25, -0.2) is 9.50 Å². The Kier molecular flexibility index (Phi) is 2.96. The molecule has 0 aliphatic rings. The van der Waals surface area contributed by atoms with E-state index in [-0.39, 0.29) is 5.41 Å². The summed E-state index contributed by atoms with van der Waals surface area (Å²) in [5.41, 5.74) is 2.52. The van der Waals surface area contributed by atoms with Crippen molar-refractivity contribution in [2.45, 2.75) is 53.4 Å². The zero-order valence-electron chi connectivity index (χ0n) is 12.3. The van der Waals surface area contributed by atoms with Crippen molar-refractivity contribution in [1.29, 1.82) is 0 Å². The summed E-state index contributed by atoms with van der Waals surface area (Å²) >= 11 is 0. The van der Waals surface area contributed by atoms with Crippen molar-refractivity contribution in [3.05, 3.63) is 29.7 Å². The number of pyridine rings is 1. The Labute approximate surface area is 109 Å². The first kappa shape index (κ1) is 13.1. The van der Waals surface area contributed by atoms with Crippen molar-refractivity contribution in [2.24, 2.45) is 5.41 Å². The number of aromatic nitrogens is 3. The lowest BCUT2D eigenvalue weighted by Gasteiger charge is -2.17. The molecule has 0 saturated carbocycles. The minimum absolute atomic E-state index is 0.00376. The van der Waals surface area contributed by atoms with Crippen LogP contribution >= 0.6 is 0 Å². The molecule has 3 nitrogen and oxygen atoms in total. The smallest absolute Gasteiger partial charge is 0.157 e. The van der Waals surface area contributed by atoms with Crippen LogP contribution in [0.5, 0.6) is 0 Å². The topological polar surface area (TPSA) is 30.2 Å². The van der Waals surface area contributed by atoms with Crippen molar-refractivity contribution in [1.82, 2.24) is 14.6 Å². The van der Waals surface area contributed by atoms with Crippen LogP contribution < -0.4 is 0 Å². The van der Waals surface area contributed by atoms with Gasteiger partial charge in [-0.05, 0) is 23.5 Å². The second-order valence-electron chi connectivity index (χ2n) is 7.26. The monoisotopic (exact) mass is 245 g/mol. The molecule has 0 fully saturated rings. The molecule has 2 aromatic rings. The standard InChI is InChI=1S/C15H23N3/c1-14(2,3)9-11-7-8-12-16-13(15(4,5)6)17-18(12)10-11/h7-8,10H,9H2,1-6H3. The van der Waals surface area contributed by atoms with Crippen LogP contribution in [0.1, 0.15) is 52.9 Å². The highest BCUT2D eigenvalue weighted by Crippen LogP contribution is 2.22. The van der Waals surface area contributed by atoms with E-state index in [1.54, 1.807) is 0 Å². The summed E-state index contributed by atoms with van der Waals surface area (Å²) in [7, 11) is 0. The normalized spacial score (nSPS) is 13.2. The lowest BCUT2D eigenvalue weighted by Crippen LogP contribution is -2.13. The SMILES string of the molecule is CC(C)(C)Cc1ccc2nc(C(C)(C)C)nn2c1. The van der Waals surface area contributed by atoms with Gasteiger partial charge in [-0.3, -0.25) is 0 Å². The van der Waals surface area contributed by atoms with E-state index < -0.39 is 0 Å². The Bertz CT molecular complexity index is 553. The third kappa shape index (κ3) is 2.89. The molecule has 0 spiro atoms. The molecule has 2 heterocycles. The van der Waals surface area contributed by atoms with E-state index >= 15 is 0 Å². The zero-order chi connectivity index (χ0) is 13.6. The van der Waals surface area contributed by atoms with Crippen LogP contribution in [0.4, 0.5) is 0 Å². The minimum atomic E-state index is -0.00376. The second-order valence-corrected chi connectivity index (χ2v) is 7.26. The van der Waals surface area contributed by atoms with Crippen LogP contribution in [0, 0.1) is 5.41 Å². The van der Waals surface area contributed by atoms with Gasteiger partial charge in [0.15, 0.2) is 11.5 Å². The molecule has 0 aliphatic carbocycles. The number of hydrogen-bond acceptors (Lipinski definition) is 2. The summed E-state index contributed by atoms with van der Waals surface area (Å²) in [6, 6.07) is 4.21. The van der Waals surface area contributed by atoms with Crippen LogP contribution in [0.25, 0.3) is 5.65 Å². The highest BCUT2D eigenvalue weighted by Gasteiger charge is 2.20. The maximum Gasteiger partial charge on any atom is 0.157 e. The molecule has 0 N–H and O–H groups in total. The van der Waals surface area contributed by atoms with Gasteiger partial charge in [-0.15, -0.1) is 0 Å². The second kappa shape index (κ2) is 4.08. The largest absolute Gasteiger partial charge is 0.221 e. The molecular formula is C15H23N3. The van der Waals surface area contributed by atoms with Gasteiger partial charge in [0.1, 0.15) is 0 Å². The van der Waals surface area contributed by atoms with Gasteiger partial charge in [0, 0.05) is 11.6 Å². The molecule has 0 saturated heterocycles.